The third kappa shape index (κ3) is 3.24. The third-order valence-corrected chi connectivity index (χ3v) is 3.99. The predicted octanol–water partition coefficient (Wildman–Crippen LogP) is 3.61. The van der Waals surface area contributed by atoms with Crippen molar-refractivity contribution in [1.82, 2.24) is 9.97 Å². The van der Waals surface area contributed by atoms with Gasteiger partial charge in [0.25, 0.3) is 5.91 Å². The van der Waals surface area contributed by atoms with E-state index in [1.54, 1.807) is 27.0 Å². The number of benzene rings is 1. The molecule has 0 unspecified atom stereocenters. The highest BCUT2D eigenvalue weighted by Crippen LogP contribution is 2.21. The summed E-state index contributed by atoms with van der Waals surface area (Å²) in [6.45, 7) is 5.50. The van der Waals surface area contributed by atoms with Gasteiger partial charge in [-0.25, -0.2) is 4.79 Å². The molecule has 1 amide bonds. The quantitative estimate of drug-likeness (QED) is 0.712. The number of amides is 1. The largest absolute Gasteiger partial charge is 0.462 e. The van der Waals surface area contributed by atoms with Gasteiger partial charge in [0.15, 0.2) is 0 Å². The van der Waals surface area contributed by atoms with Crippen LogP contribution in [-0.4, -0.2) is 28.5 Å². The fourth-order valence-corrected chi connectivity index (χ4v) is 2.82. The molecule has 3 rings (SSSR count). The molecule has 25 heavy (non-hydrogen) atoms. The van der Waals surface area contributed by atoms with Crippen LogP contribution < -0.4 is 5.32 Å². The van der Waals surface area contributed by atoms with Crippen molar-refractivity contribution in [1.29, 1.82) is 0 Å². The number of aromatic nitrogens is 2. The van der Waals surface area contributed by atoms with E-state index in [0.29, 0.717) is 28.2 Å². The molecule has 3 aromatic rings. The molecule has 0 aliphatic rings. The van der Waals surface area contributed by atoms with Crippen LogP contribution >= 0.6 is 0 Å². The number of anilines is 1. The Morgan fingerprint density at radius 3 is 2.76 bits per heavy atom. The number of H-pyrrole nitrogens is 1. The predicted molar refractivity (Wildman–Crippen MR) is 95.9 cm³/mol. The number of aryl methyl sites for hydroxylation is 1. The second-order valence-corrected chi connectivity index (χ2v) is 5.72. The van der Waals surface area contributed by atoms with E-state index in [-0.39, 0.29) is 12.5 Å². The van der Waals surface area contributed by atoms with Crippen molar-refractivity contribution in [2.45, 2.75) is 20.8 Å². The molecule has 2 N–H and O–H groups in total. The van der Waals surface area contributed by atoms with Gasteiger partial charge in [-0.15, -0.1) is 0 Å². The van der Waals surface area contributed by atoms with E-state index < -0.39 is 5.97 Å². The lowest BCUT2D eigenvalue weighted by Gasteiger charge is -2.06. The molecule has 0 saturated carbocycles. The maximum Gasteiger partial charge on any atom is 0.340 e. The Balaban J connectivity index is 1.87. The number of ether oxygens (including phenoxy) is 1. The van der Waals surface area contributed by atoms with Gasteiger partial charge in [0.05, 0.1) is 29.6 Å². The van der Waals surface area contributed by atoms with Crippen LogP contribution in [0.5, 0.6) is 0 Å². The summed E-state index contributed by atoms with van der Waals surface area (Å²) in [7, 11) is 0. The van der Waals surface area contributed by atoms with Crippen molar-refractivity contribution in [2.24, 2.45) is 0 Å². The fraction of sp³-hybridized carbons (Fsp3) is 0.211. The molecule has 6 nitrogen and oxygen atoms in total. The molecule has 0 aliphatic heterocycles. The summed E-state index contributed by atoms with van der Waals surface area (Å²) in [6.07, 6.45) is 1.61. The molecule has 2 heterocycles. The van der Waals surface area contributed by atoms with Gasteiger partial charge in [0.1, 0.15) is 5.69 Å². The average molecular weight is 337 g/mol. The van der Waals surface area contributed by atoms with E-state index in [4.69, 9.17) is 4.74 Å². The first-order chi connectivity index (χ1) is 12.0. The van der Waals surface area contributed by atoms with Crippen molar-refractivity contribution in [3.8, 4) is 0 Å². The van der Waals surface area contributed by atoms with Crippen molar-refractivity contribution in [3.05, 3.63) is 59.0 Å². The van der Waals surface area contributed by atoms with Crippen molar-refractivity contribution >= 4 is 28.5 Å². The van der Waals surface area contributed by atoms with Crippen LogP contribution in [0.1, 0.15) is 39.0 Å². The molecular formula is C19H19N3O3. The van der Waals surface area contributed by atoms with E-state index in [1.807, 2.05) is 30.3 Å². The summed E-state index contributed by atoms with van der Waals surface area (Å²) in [6, 6.07) is 9.53. The minimum absolute atomic E-state index is 0.285. The molecule has 0 aliphatic carbocycles. The first-order valence-corrected chi connectivity index (χ1v) is 8.03. The molecule has 6 heteroatoms. The molecule has 0 bridgehead atoms. The fourth-order valence-electron chi connectivity index (χ4n) is 2.82. The highest BCUT2D eigenvalue weighted by atomic mass is 16.5. The van der Waals surface area contributed by atoms with Gasteiger partial charge in [-0.3, -0.25) is 9.78 Å². The molecule has 0 radical (unpaired) electrons. The molecule has 0 saturated heterocycles. The maximum atomic E-state index is 12.6. The average Bonchev–Trinajstić information content (AvgIpc) is 2.89. The Labute approximate surface area is 145 Å². The van der Waals surface area contributed by atoms with Crippen LogP contribution in [0.3, 0.4) is 0 Å². The van der Waals surface area contributed by atoms with Gasteiger partial charge in [0, 0.05) is 11.1 Å². The number of para-hydroxylation sites is 1. The van der Waals surface area contributed by atoms with E-state index in [1.165, 1.54) is 0 Å². The Kier molecular flexibility index (Phi) is 4.52. The van der Waals surface area contributed by atoms with Crippen LogP contribution in [0.15, 0.2) is 36.5 Å². The number of nitrogens with one attached hydrogen (secondary N) is 2. The van der Waals surface area contributed by atoms with Gasteiger partial charge in [-0.1, -0.05) is 18.2 Å². The van der Waals surface area contributed by atoms with Gasteiger partial charge in [-0.05, 0) is 38.5 Å². The lowest BCUT2D eigenvalue weighted by molar-refractivity contribution is 0.0525. The first kappa shape index (κ1) is 16.7. The molecule has 0 fully saturated rings. The molecular weight excluding hydrogens is 318 g/mol. The van der Waals surface area contributed by atoms with E-state index >= 15 is 0 Å². The van der Waals surface area contributed by atoms with Gasteiger partial charge in [-0.2, -0.15) is 0 Å². The van der Waals surface area contributed by atoms with Crippen LogP contribution in [0.25, 0.3) is 10.9 Å². The second kappa shape index (κ2) is 6.76. The van der Waals surface area contributed by atoms with Crippen molar-refractivity contribution in [2.75, 3.05) is 11.9 Å². The summed E-state index contributed by atoms with van der Waals surface area (Å²) in [5.74, 6) is -0.756. The first-order valence-electron chi connectivity index (χ1n) is 8.03. The summed E-state index contributed by atoms with van der Waals surface area (Å²) in [5.41, 5.74) is 3.38. The lowest BCUT2D eigenvalue weighted by Crippen LogP contribution is -2.14. The zero-order chi connectivity index (χ0) is 18.0. The molecule has 1 aromatic carbocycles. The van der Waals surface area contributed by atoms with E-state index in [9.17, 15) is 9.59 Å². The summed E-state index contributed by atoms with van der Waals surface area (Å²) in [5, 5.41) is 3.75. The summed E-state index contributed by atoms with van der Waals surface area (Å²) >= 11 is 0. The molecule has 128 valence electrons. The SMILES string of the molecule is CCOC(=O)c1c(C)[nH]c(C(=O)Nc2cnc3ccccc3c2)c1C. The Morgan fingerprint density at radius 1 is 1.24 bits per heavy atom. The second-order valence-electron chi connectivity index (χ2n) is 5.72. The number of esters is 1. The number of carbonyl (C=O) groups excluding carboxylic acids is 2. The Hall–Kier alpha value is -3.15. The number of nitrogens with zero attached hydrogens (tertiary/aromatic N) is 1. The monoisotopic (exact) mass is 337 g/mol. The van der Waals surface area contributed by atoms with Crippen LogP contribution in [-0.2, 0) is 4.74 Å². The maximum absolute atomic E-state index is 12.6. The van der Waals surface area contributed by atoms with Gasteiger partial charge < -0.3 is 15.0 Å². The highest BCUT2D eigenvalue weighted by molar-refractivity contribution is 6.07. The molecule has 0 atom stereocenters. The third-order valence-electron chi connectivity index (χ3n) is 3.99. The van der Waals surface area contributed by atoms with Gasteiger partial charge >= 0.3 is 5.97 Å². The lowest BCUT2D eigenvalue weighted by atomic mass is 10.1. The van der Waals surface area contributed by atoms with Crippen LogP contribution in [0.2, 0.25) is 0 Å². The van der Waals surface area contributed by atoms with Crippen LogP contribution in [0.4, 0.5) is 5.69 Å². The topological polar surface area (TPSA) is 84.1 Å². The van der Waals surface area contributed by atoms with Crippen LogP contribution in [0, 0.1) is 13.8 Å². The number of pyridine rings is 1. The minimum atomic E-state index is -0.430. The number of rotatable bonds is 4. The van der Waals surface area contributed by atoms with Crippen molar-refractivity contribution < 1.29 is 14.3 Å². The Bertz CT molecular complexity index is 960. The van der Waals surface area contributed by atoms with E-state index in [0.717, 1.165) is 10.9 Å². The summed E-state index contributed by atoms with van der Waals surface area (Å²) in [4.78, 5) is 31.9. The number of aromatic amines is 1. The molecule has 2 aromatic heterocycles. The van der Waals surface area contributed by atoms with Crippen molar-refractivity contribution in [3.63, 3.8) is 0 Å². The normalized spacial score (nSPS) is 10.7. The number of hydrogen-bond donors (Lipinski definition) is 2. The number of fused-ring (bicyclic) bond motifs is 1. The van der Waals surface area contributed by atoms with Gasteiger partial charge in [0.2, 0.25) is 0 Å². The Morgan fingerprint density at radius 2 is 2.00 bits per heavy atom. The minimum Gasteiger partial charge on any atom is -0.462 e. The molecule has 0 spiro atoms. The van der Waals surface area contributed by atoms with E-state index in [2.05, 4.69) is 15.3 Å². The highest BCUT2D eigenvalue weighted by Gasteiger charge is 2.22. The smallest absolute Gasteiger partial charge is 0.340 e. The standard InChI is InChI=1S/C19H19N3O3/c1-4-25-19(24)16-11(2)17(21-12(16)3)18(23)22-14-9-13-7-5-6-8-15(13)20-10-14/h5-10,21H,4H2,1-3H3,(H,22,23). The zero-order valence-electron chi connectivity index (χ0n) is 14.3. The number of carbonyl (C=O) groups is 2. The summed E-state index contributed by atoms with van der Waals surface area (Å²) < 4.78 is 5.05. The number of hydrogen-bond acceptors (Lipinski definition) is 4. The zero-order valence-corrected chi connectivity index (χ0v) is 14.3.